The van der Waals surface area contributed by atoms with Gasteiger partial charge in [-0.3, -0.25) is 0 Å². The minimum atomic E-state index is 0. The lowest BCUT2D eigenvalue weighted by atomic mass is 10.1. The lowest BCUT2D eigenvalue weighted by molar-refractivity contribution is 1.34. The second-order valence-electron chi connectivity index (χ2n) is 2.08. The van der Waals surface area contributed by atoms with Gasteiger partial charge in [-0.2, -0.15) is 0 Å². The summed E-state index contributed by atoms with van der Waals surface area (Å²) in [6, 6.07) is 8.36. The lowest BCUT2D eigenvalue weighted by Gasteiger charge is -1.93. The Bertz CT molecular complexity index is 161. The topological polar surface area (TPSA) is 35.0 Å². The first-order chi connectivity index (χ1) is 3.80. The van der Waals surface area contributed by atoms with Crippen LogP contribution < -0.4 is 6.15 Å². The molecule has 50 valence electrons. The van der Waals surface area contributed by atoms with Crippen LogP contribution in [0.4, 0.5) is 0 Å². The van der Waals surface area contributed by atoms with Gasteiger partial charge in [-0.25, -0.2) is 0 Å². The predicted molar refractivity (Wildman–Crippen MR) is 40.9 cm³/mol. The minimum absolute atomic E-state index is 0. The SMILES string of the molecule is Cc1ccccc1C.N. The maximum Gasteiger partial charge on any atom is -0.0395 e. The van der Waals surface area contributed by atoms with Crippen molar-refractivity contribution in [2.75, 3.05) is 0 Å². The highest BCUT2D eigenvalue weighted by Gasteiger charge is 1.83. The van der Waals surface area contributed by atoms with Crippen molar-refractivity contribution in [2.45, 2.75) is 13.8 Å². The van der Waals surface area contributed by atoms with Crippen LogP contribution in [-0.4, -0.2) is 0 Å². The Kier molecular flexibility index (Phi) is 2.96. The first-order valence-corrected chi connectivity index (χ1v) is 2.83. The van der Waals surface area contributed by atoms with Gasteiger partial charge in [-0.15, -0.1) is 0 Å². The normalized spacial score (nSPS) is 8.22. The van der Waals surface area contributed by atoms with E-state index in [1.54, 1.807) is 0 Å². The van der Waals surface area contributed by atoms with Gasteiger partial charge < -0.3 is 6.15 Å². The molecule has 0 saturated carbocycles. The number of benzene rings is 1. The third-order valence-electron chi connectivity index (χ3n) is 1.43. The van der Waals surface area contributed by atoms with Crippen LogP contribution in [-0.2, 0) is 0 Å². The Morgan fingerprint density at radius 1 is 0.889 bits per heavy atom. The van der Waals surface area contributed by atoms with Crippen LogP contribution in [0.3, 0.4) is 0 Å². The van der Waals surface area contributed by atoms with Crippen molar-refractivity contribution in [1.82, 2.24) is 6.15 Å². The molecule has 0 aliphatic rings. The molecule has 0 atom stereocenters. The van der Waals surface area contributed by atoms with Crippen molar-refractivity contribution in [3.63, 3.8) is 0 Å². The van der Waals surface area contributed by atoms with E-state index in [0.717, 1.165) is 0 Å². The highest BCUT2D eigenvalue weighted by Crippen LogP contribution is 2.02. The summed E-state index contributed by atoms with van der Waals surface area (Å²) in [6.07, 6.45) is 0. The van der Waals surface area contributed by atoms with E-state index < -0.39 is 0 Å². The summed E-state index contributed by atoms with van der Waals surface area (Å²) in [6.45, 7) is 4.24. The van der Waals surface area contributed by atoms with Crippen molar-refractivity contribution in [3.8, 4) is 0 Å². The Balaban J connectivity index is 0.000000640. The predicted octanol–water partition coefficient (Wildman–Crippen LogP) is 2.47. The zero-order valence-electron chi connectivity index (χ0n) is 6.02. The quantitative estimate of drug-likeness (QED) is 0.565. The van der Waals surface area contributed by atoms with Gasteiger partial charge in [0, 0.05) is 0 Å². The Morgan fingerprint density at radius 3 is 1.44 bits per heavy atom. The fourth-order valence-electron chi connectivity index (χ4n) is 0.663. The Labute approximate surface area is 56.3 Å². The molecule has 0 aromatic heterocycles. The van der Waals surface area contributed by atoms with Gasteiger partial charge in [0.15, 0.2) is 0 Å². The van der Waals surface area contributed by atoms with Gasteiger partial charge in [0.1, 0.15) is 0 Å². The number of rotatable bonds is 0. The van der Waals surface area contributed by atoms with Crippen molar-refractivity contribution >= 4 is 0 Å². The average molecular weight is 123 g/mol. The summed E-state index contributed by atoms with van der Waals surface area (Å²) in [4.78, 5) is 0. The summed E-state index contributed by atoms with van der Waals surface area (Å²) in [5, 5.41) is 0. The summed E-state index contributed by atoms with van der Waals surface area (Å²) in [5.74, 6) is 0. The van der Waals surface area contributed by atoms with E-state index in [2.05, 4.69) is 38.1 Å². The molecule has 1 nitrogen and oxygen atoms in total. The van der Waals surface area contributed by atoms with Crippen LogP contribution in [0.25, 0.3) is 0 Å². The van der Waals surface area contributed by atoms with Crippen LogP contribution >= 0.6 is 0 Å². The first-order valence-electron chi connectivity index (χ1n) is 2.83. The number of aryl methyl sites for hydroxylation is 2. The zero-order chi connectivity index (χ0) is 5.98. The summed E-state index contributed by atoms with van der Waals surface area (Å²) >= 11 is 0. The molecule has 0 bridgehead atoms. The third kappa shape index (κ3) is 1.86. The minimum Gasteiger partial charge on any atom is -0.344 e. The van der Waals surface area contributed by atoms with Crippen LogP contribution in [0.1, 0.15) is 11.1 Å². The standard InChI is InChI=1S/C8H10.H3N/c1-7-5-3-4-6-8(7)2;/h3-6H,1-2H3;1H3. The molecule has 1 aromatic rings. The maximum absolute atomic E-state index is 2.12. The molecule has 9 heavy (non-hydrogen) atoms. The molecule has 0 amide bonds. The molecular formula is C8H13N. The van der Waals surface area contributed by atoms with Crippen LogP contribution in [0, 0.1) is 13.8 Å². The van der Waals surface area contributed by atoms with E-state index >= 15 is 0 Å². The molecule has 0 spiro atoms. The molecule has 0 radical (unpaired) electrons. The summed E-state index contributed by atoms with van der Waals surface area (Å²) in [5.41, 5.74) is 2.74. The molecule has 0 unspecified atom stereocenters. The van der Waals surface area contributed by atoms with Crippen LogP contribution in [0.15, 0.2) is 24.3 Å². The van der Waals surface area contributed by atoms with Crippen LogP contribution in [0.5, 0.6) is 0 Å². The largest absolute Gasteiger partial charge is 0.344 e. The third-order valence-corrected chi connectivity index (χ3v) is 1.43. The lowest BCUT2D eigenvalue weighted by Crippen LogP contribution is -1.74. The molecule has 3 N–H and O–H groups in total. The van der Waals surface area contributed by atoms with E-state index in [-0.39, 0.29) is 6.15 Å². The zero-order valence-corrected chi connectivity index (χ0v) is 6.02. The highest BCUT2D eigenvalue weighted by atomic mass is 14.0. The fourth-order valence-corrected chi connectivity index (χ4v) is 0.663. The van der Waals surface area contributed by atoms with Gasteiger partial charge in [-0.1, -0.05) is 24.3 Å². The fraction of sp³-hybridized carbons (Fsp3) is 0.250. The summed E-state index contributed by atoms with van der Waals surface area (Å²) < 4.78 is 0. The van der Waals surface area contributed by atoms with Crippen molar-refractivity contribution in [2.24, 2.45) is 0 Å². The maximum atomic E-state index is 2.12. The monoisotopic (exact) mass is 123 g/mol. The van der Waals surface area contributed by atoms with E-state index in [9.17, 15) is 0 Å². The number of hydrogen-bond acceptors (Lipinski definition) is 1. The van der Waals surface area contributed by atoms with Gasteiger partial charge in [0.25, 0.3) is 0 Å². The smallest absolute Gasteiger partial charge is 0.0395 e. The van der Waals surface area contributed by atoms with Crippen molar-refractivity contribution in [3.05, 3.63) is 35.4 Å². The van der Waals surface area contributed by atoms with Gasteiger partial charge >= 0.3 is 0 Å². The molecule has 0 heterocycles. The van der Waals surface area contributed by atoms with Crippen molar-refractivity contribution in [1.29, 1.82) is 0 Å². The molecular weight excluding hydrogens is 110 g/mol. The molecule has 0 fully saturated rings. The molecule has 1 heteroatoms. The van der Waals surface area contributed by atoms with E-state index in [0.29, 0.717) is 0 Å². The first kappa shape index (κ1) is 8.18. The number of hydrogen-bond donors (Lipinski definition) is 1. The Hall–Kier alpha value is -0.820. The van der Waals surface area contributed by atoms with Gasteiger partial charge in [0.2, 0.25) is 0 Å². The molecule has 0 aliphatic heterocycles. The van der Waals surface area contributed by atoms with Gasteiger partial charge in [-0.05, 0) is 25.0 Å². The molecule has 1 rings (SSSR count). The van der Waals surface area contributed by atoms with Crippen LogP contribution in [0.2, 0.25) is 0 Å². The Morgan fingerprint density at radius 2 is 1.22 bits per heavy atom. The van der Waals surface area contributed by atoms with Gasteiger partial charge in [0.05, 0.1) is 0 Å². The van der Waals surface area contributed by atoms with E-state index in [4.69, 9.17) is 0 Å². The molecule has 1 aromatic carbocycles. The second kappa shape index (κ2) is 3.25. The second-order valence-corrected chi connectivity index (χ2v) is 2.08. The summed E-state index contributed by atoms with van der Waals surface area (Å²) in [7, 11) is 0. The highest BCUT2D eigenvalue weighted by molar-refractivity contribution is 5.23. The van der Waals surface area contributed by atoms with E-state index in [1.165, 1.54) is 11.1 Å². The van der Waals surface area contributed by atoms with Crippen molar-refractivity contribution < 1.29 is 0 Å². The molecule has 0 aliphatic carbocycles. The van der Waals surface area contributed by atoms with E-state index in [1.807, 2.05) is 0 Å². The molecule has 0 saturated heterocycles. The average Bonchev–Trinajstić information content (AvgIpc) is 1.77.